The number of esters is 1. The molecule has 7 nitrogen and oxygen atoms in total. The topological polar surface area (TPSA) is 91.0 Å². The normalized spacial score (nSPS) is 10.5. The molecular formula is C13H10N4O3S. The van der Waals surface area contributed by atoms with Crippen LogP contribution < -0.4 is 0 Å². The summed E-state index contributed by atoms with van der Waals surface area (Å²) in [5.74, 6) is 0.122. The van der Waals surface area contributed by atoms with Crippen molar-refractivity contribution in [3.05, 3.63) is 46.8 Å². The van der Waals surface area contributed by atoms with E-state index in [2.05, 4.69) is 19.8 Å². The van der Waals surface area contributed by atoms with E-state index in [1.54, 1.807) is 6.92 Å². The van der Waals surface area contributed by atoms with Gasteiger partial charge in [-0.05, 0) is 30.6 Å². The second-order valence-electron chi connectivity index (χ2n) is 4.13. The van der Waals surface area contributed by atoms with Crippen LogP contribution in [0.5, 0.6) is 0 Å². The van der Waals surface area contributed by atoms with Crippen molar-refractivity contribution in [3.8, 4) is 11.5 Å². The minimum absolute atomic E-state index is 0.0873. The summed E-state index contributed by atoms with van der Waals surface area (Å²) in [4.78, 5) is 12.2. The molecule has 0 N–H and O–H groups in total. The molecule has 3 aromatic rings. The molecule has 2 aromatic heterocycles. The van der Waals surface area contributed by atoms with Gasteiger partial charge in [-0.3, -0.25) is 0 Å². The molecule has 1 aromatic carbocycles. The monoisotopic (exact) mass is 302 g/mol. The lowest BCUT2D eigenvalue weighted by molar-refractivity contribution is 0.0443. The predicted octanol–water partition coefficient (Wildman–Crippen LogP) is 2.25. The summed E-state index contributed by atoms with van der Waals surface area (Å²) in [7, 11) is 0. The first-order valence-electron chi connectivity index (χ1n) is 6.08. The Kier molecular flexibility index (Phi) is 3.69. The lowest BCUT2D eigenvalue weighted by atomic mass is 10.2. The summed E-state index contributed by atoms with van der Waals surface area (Å²) in [6.45, 7) is 1.61. The van der Waals surface area contributed by atoms with Crippen molar-refractivity contribution in [3.63, 3.8) is 0 Å². The van der Waals surface area contributed by atoms with Gasteiger partial charge in [-0.15, -0.1) is 15.3 Å². The van der Waals surface area contributed by atoms with Crippen LogP contribution in [0.1, 0.15) is 21.3 Å². The molecular weight excluding hydrogens is 292 g/mol. The van der Waals surface area contributed by atoms with E-state index >= 15 is 0 Å². The molecule has 0 amide bonds. The first-order valence-corrected chi connectivity index (χ1v) is 6.85. The maximum atomic E-state index is 11.8. The Morgan fingerprint density at radius 1 is 1.24 bits per heavy atom. The standard InChI is InChI=1S/C13H10N4O3S/c1-8-11(21-17-14-8)13(18)19-7-10-15-16-12(20-10)9-5-3-2-4-6-9/h2-6H,7H2,1H3. The zero-order valence-corrected chi connectivity index (χ0v) is 11.8. The van der Waals surface area contributed by atoms with E-state index in [-0.39, 0.29) is 12.5 Å². The van der Waals surface area contributed by atoms with E-state index in [1.807, 2.05) is 30.3 Å². The highest BCUT2D eigenvalue weighted by Crippen LogP contribution is 2.18. The smallest absolute Gasteiger partial charge is 0.352 e. The van der Waals surface area contributed by atoms with Crippen LogP contribution in [0.15, 0.2) is 34.7 Å². The molecule has 3 rings (SSSR count). The summed E-state index contributed by atoms with van der Waals surface area (Å²) in [5, 5.41) is 11.5. The van der Waals surface area contributed by atoms with Crippen LogP contribution >= 0.6 is 11.5 Å². The molecule has 0 atom stereocenters. The Labute approximate surface area is 123 Å². The zero-order chi connectivity index (χ0) is 14.7. The molecule has 0 aliphatic rings. The van der Waals surface area contributed by atoms with Crippen molar-refractivity contribution in [2.24, 2.45) is 0 Å². The summed E-state index contributed by atoms with van der Waals surface area (Å²) in [6, 6.07) is 9.36. The van der Waals surface area contributed by atoms with Gasteiger partial charge in [-0.2, -0.15) is 0 Å². The van der Waals surface area contributed by atoms with E-state index in [1.165, 1.54) is 0 Å². The third-order valence-corrected chi connectivity index (χ3v) is 3.46. The lowest BCUT2D eigenvalue weighted by Gasteiger charge is -1.99. The van der Waals surface area contributed by atoms with Gasteiger partial charge in [0.1, 0.15) is 0 Å². The van der Waals surface area contributed by atoms with Gasteiger partial charge in [0.15, 0.2) is 11.5 Å². The first kappa shape index (κ1) is 13.4. The molecule has 0 spiro atoms. The van der Waals surface area contributed by atoms with Crippen molar-refractivity contribution >= 4 is 17.5 Å². The number of benzene rings is 1. The zero-order valence-electron chi connectivity index (χ0n) is 11.0. The van der Waals surface area contributed by atoms with Gasteiger partial charge < -0.3 is 9.15 Å². The third kappa shape index (κ3) is 2.95. The third-order valence-electron chi connectivity index (χ3n) is 2.65. The molecule has 0 saturated heterocycles. The van der Waals surface area contributed by atoms with Gasteiger partial charge >= 0.3 is 5.97 Å². The number of hydrogen-bond donors (Lipinski definition) is 0. The van der Waals surface area contributed by atoms with Crippen molar-refractivity contribution in [2.45, 2.75) is 13.5 Å². The Morgan fingerprint density at radius 3 is 2.76 bits per heavy atom. The molecule has 2 heterocycles. The number of carbonyl (C=O) groups excluding carboxylic acids is 1. The van der Waals surface area contributed by atoms with Crippen LogP contribution in [-0.4, -0.2) is 25.8 Å². The van der Waals surface area contributed by atoms with Gasteiger partial charge in [0, 0.05) is 5.56 Å². The molecule has 8 heteroatoms. The largest absolute Gasteiger partial charge is 0.451 e. The Hall–Kier alpha value is -2.61. The fourth-order valence-electron chi connectivity index (χ4n) is 1.62. The van der Waals surface area contributed by atoms with Crippen LogP contribution in [0, 0.1) is 6.92 Å². The Morgan fingerprint density at radius 2 is 2.05 bits per heavy atom. The second-order valence-corrected chi connectivity index (χ2v) is 4.88. The Balaban J connectivity index is 1.66. The SMILES string of the molecule is Cc1nnsc1C(=O)OCc1nnc(-c2ccccc2)o1. The van der Waals surface area contributed by atoms with Gasteiger partial charge in [0.2, 0.25) is 5.89 Å². The van der Waals surface area contributed by atoms with Crippen molar-refractivity contribution in [1.29, 1.82) is 0 Å². The highest BCUT2D eigenvalue weighted by Gasteiger charge is 2.16. The fraction of sp³-hybridized carbons (Fsp3) is 0.154. The number of rotatable bonds is 4. The van der Waals surface area contributed by atoms with Crippen molar-refractivity contribution < 1.29 is 13.9 Å². The number of aromatic nitrogens is 4. The van der Waals surface area contributed by atoms with Gasteiger partial charge in [0.25, 0.3) is 5.89 Å². The van der Waals surface area contributed by atoms with Crippen LogP contribution in [0.4, 0.5) is 0 Å². The average molecular weight is 302 g/mol. The molecule has 106 valence electrons. The quantitative estimate of drug-likeness (QED) is 0.682. The van der Waals surface area contributed by atoms with Crippen LogP contribution in [0.25, 0.3) is 11.5 Å². The molecule has 0 radical (unpaired) electrons. The molecule has 21 heavy (non-hydrogen) atoms. The van der Waals surface area contributed by atoms with E-state index < -0.39 is 5.97 Å². The number of aryl methyl sites for hydroxylation is 1. The molecule has 0 aliphatic carbocycles. The minimum atomic E-state index is -0.498. The van der Waals surface area contributed by atoms with E-state index in [0.717, 1.165) is 17.1 Å². The summed E-state index contributed by atoms with van der Waals surface area (Å²) in [6.07, 6.45) is 0. The van der Waals surface area contributed by atoms with E-state index in [9.17, 15) is 4.79 Å². The lowest BCUT2D eigenvalue weighted by Crippen LogP contribution is -2.05. The van der Waals surface area contributed by atoms with Gasteiger partial charge in [0.05, 0.1) is 5.69 Å². The predicted molar refractivity (Wildman–Crippen MR) is 73.5 cm³/mol. The van der Waals surface area contributed by atoms with Crippen molar-refractivity contribution in [1.82, 2.24) is 19.8 Å². The minimum Gasteiger partial charge on any atom is -0.451 e. The molecule has 0 saturated carbocycles. The van der Waals surface area contributed by atoms with Crippen molar-refractivity contribution in [2.75, 3.05) is 0 Å². The summed E-state index contributed by atoms with van der Waals surface area (Å²) < 4.78 is 14.2. The van der Waals surface area contributed by atoms with E-state index in [0.29, 0.717) is 16.5 Å². The Bertz CT molecular complexity index is 754. The number of nitrogens with zero attached hydrogens (tertiary/aromatic N) is 4. The van der Waals surface area contributed by atoms with Crippen LogP contribution in [0.3, 0.4) is 0 Å². The summed E-state index contributed by atoms with van der Waals surface area (Å²) >= 11 is 0.993. The average Bonchev–Trinajstić information content (AvgIpc) is 3.15. The molecule has 0 bridgehead atoms. The molecule has 0 aliphatic heterocycles. The number of carbonyl (C=O) groups is 1. The highest BCUT2D eigenvalue weighted by molar-refractivity contribution is 7.07. The fourth-order valence-corrected chi connectivity index (χ4v) is 2.17. The first-order chi connectivity index (χ1) is 10.2. The number of ether oxygens (including phenoxy) is 1. The van der Waals surface area contributed by atoms with E-state index in [4.69, 9.17) is 9.15 Å². The molecule has 0 unspecified atom stereocenters. The van der Waals surface area contributed by atoms with Crippen LogP contribution in [0.2, 0.25) is 0 Å². The maximum Gasteiger partial charge on any atom is 0.352 e. The van der Waals surface area contributed by atoms with Crippen LogP contribution in [-0.2, 0) is 11.3 Å². The summed E-state index contributed by atoms with van der Waals surface area (Å²) in [5.41, 5.74) is 1.35. The van der Waals surface area contributed by atoms with Gasteiger partial charge in [-0.25, -0.2) is 4.79 Å². The second kappa shape index (κ2) is 5.80. The highest BCUT2D eigenvalue weighted by atomic mass is 32.1. The number of hydrogen-bond acceptors (Lipinski definition) is 8. The molecule has 0 fully saturated rings. The maximum absolute atomic E-state index is 11.8. The van der Waals surface area contributed by atoms with Gasteiger partial charge in [-0.1, -0.05) is 22.7 Å².